The van der Waals surface area contributed by atoms with Crippen LogP contribution in [0.25, 0.3) is 0 Å². The molecule has 0 fully saturated rings. The minimum atomic E-state index is -0.149. The van der Waals surface area contributed by atoms with Crippen LogP contribution < -0.4 is 5.32 Å². The minimum absolute atomic E-state index is 0.0750. The van der Waals surface area contributed by atoms with Crippen molar-refractivity contribution in [3.63, 3.8) is 0 Å². The zero-order valence-corrected chi connectivity index (χ0v) is 11.4. The summed E-state index contributed by atoms with van der Waals surface area (Å²) >= 11 is 0. The second-order valence-corrected chi connectivity index (χ2v) is 4.62. The van der Waals surface area contributed by atoms with Crippen LogP contribution in [0.1, 0.15) is 30.6 Å². The van der Waals surface area contributed by atoms with Crippen LogP contribution in [0.2, 0.25) is 0 Å². The Morgan fingerprint density at radius 3 is 2.79 bits per heavy atom. The van der Waals surface area contributed by atoms with Crippen molar-refractivity contribution in [2.75, 3.05) is 7.05 Å². The van der Waals surface area contributed by atoms with Crippen LogP contribution in [-0.4, -0.2) is 16.8 Å². The lowest BCUT2D eigenvalue weighted by Gasteiger charge is -2.18. The Morgan fingerprint density at radius 1 is 1.32 bits per heavy atom. The van der Waals surface area contributed by atoms with Gasteiger partial charge in [-0.25, -0.2) is 4.39 Å². The van der Waals surface area contributed by atoms with E-state index in [-0.39, 0.29) is 11.9 Å². The molecule has 0 saturated heterocycles. The highest BCUT2D eigenvalue weighted by Gasteiger charge is 2.16. The highest BCUT2D eigenvalue weighted by molar-refractivity contribution is 5.21. The average molecular weight is 261 g/mol. The maximum absolute atomic E-state index is 13.7. The number of likely N-dealkylation sites (N-methyl/N-ethyl adjacent to an activating group) is 1. The fourth-order valence-electron chi connectivity index (χ4n) is 2.28. The van der Waals surface area contributed by atoms with Crippen molar-refractivity contribution in [3.05, 3.63) is 53.6 Å². The predicted octanol–water partition coefficient (Wildman–Crippen LogP) is 2.94. The van der Waals surface area contributed by atoms with E-state index in [4.69, 9.17) is 0 Å². The van der Waals surface area contributed by atoms with Gasteiger partial charge in [0.15, 0.2) is 0 Å². The molecule has 0 aliphatic carbocycles. The largest absolute Gasteiger partial charge is 0.311 e. The second-order valence-electron chi connectivity index (χ2n) is 4.62. The number of benzene rings is 1. The van der Waals surface area contributed by atoms with Gasteiger partial charge in [-0.15, -0.1) is 0 Å². The van der Waals surface area contributed by atoms with Gasteiger partial charge < -0.3 is 5.32 Å². The summed E-state index contributed by atoms with van der Waals surface area (Å²) in [4.78, 5) is 0. The fraction of sp³-hybridized carbons (Fsp3) is 0.400. The van der Waals surface area contributed by atoms with Crippen LogP contribution in [0.3, 0.4) is 0 Å². The van der Waals surface area contributed by atoms with Gasteiger partial charge in [-0.2, -0.15) is 5.10 Å². The highest BCUT2D eigenvalue weighted by Crippen LogP contribution is 2.20. The quantitative estimate of drug-likeness (QED) is 0.866. The molecule has 2 aromatic rings. The summed E-state index contributed by atoms with van der Waals surface area (Å²) in [6.07, 6.45) is 3.46. The Kier molecular flexibility index (Phi) is 4.68. The molecule has 1 heterocycles. The van der Waals surface area contributed by atoms with Gasteiger partial charge >= 0.3 is 0 Å². The van der Waals surface area contributed by atoms with Crippen LogP contribution in [0, 0.1) is 5.82 Å². The number of halogens is 1. The summed E-state index contributed by atoms with van der Waals surface area (Å²) in [5.74, 6) is -0.149. The summed E-state index contributed by atoms with van der Waals surface area (Å²) in [5.41, 5.74) is 1.83. The molecule has 0 radical (unpaired) electrons. The molecular weight excluding hydrogens is 241 g/mol. The number of hydrogen-bond donors (Lipinski definition) is 1. The van der Waals surface area contributed by atoms with E-state index in [1.54, 1.807) is 12.3 Å². The second kappa shape index (κ2) is 6.48. The Labute approximate surface area is 113 Å². The van der Waals surface area contributed by atoms with E-state index >= 15 is 0 Å². The molecule has 0 aliphatic rings. The van der Waals surface area contributed by atoms with Gasteiger partial charge in [0.2, 0.25) is 0 Å². The number of aromatic nitrogens is 2. The van der Waals surface area contributed by atoms with Gasteiger partial charge in [0, 0.05) is 12.7 Å². The first-order valence-electron chi connectivity index (χ1n) is 6.68. The highest BCUT2D eigenvalue weighted by atomic mass is 19.1. The average Bonchev–Trinajstić information content (AvgIpc) is 2.86. The molecule has 0 bridgehead atoms. The van der Waals surface area contributed by atoms with Crippen LogP contribution in [0.15, 0.2) is 36.5 Å². The van der Waals surface area contributed by atoms with Crippen molar-refractivity contribution in [2.24, 2.45) is 0 Å². The van der Waals surface area contributed by atoms with Gasteiger partial charge in [0.25, 0.3) is 0 Å². The number of nitrogens with one attached hydrogen (secondary N) is 1. The number of rotatable bonds is 6. The van der Waals surface area contributed by atoms with Crippen molar-refractivity contribution in [2.45, 2.75) is 32.4 Å². The van der Waals surface area contributed by atoms with E-state index in [1.165, 1.54) is 6.07 Å². The smallest absolute Gasteiger partial charge is 0.126 e. The SMILES string of the molecule is CCCn1nccc1C(Cc1ccccc1F)NC. The minimum Gasteiger partial charge on any atom is -0.311 e. The third kappa shape index (κ3) is 3.20. The maximum Gasteiger partial charge on any atom is 0.126 e. The molecule has 4 heteroatoms. The van der Waals surface area contributed by atoms with Crippen LogP contribution in [0.4, 0.5) is 4.39 Å². The molecule has 0 aliphatic heterocycles. The van der Waals surface area contributed by atoms with Gasteiger partial charge in [-0.1, -0.05) is 25.1 Å². The van der Waals surface area contributed by atoms with Crippen LogP contribution >= 0.6 is 0 Å². The van der Waals surface area contributed by atoms with Crippen molar-refractivity contribution < 1.29 is 4.39 Å². The number of aryl methyl sites for hydroxylation is 1. The number of hydrogen-bond acceptors (Lipinski definition) is 2. The summed E-state index contributed by atoms with van der Waals surface area (Å²) in [6, 6.07) is 9.00. The summed E-state index contributed by atoms with van der Waals surface area (Å²) < 4.78 is 15.7. The van der Waals surface area contributed by atoms with Crippen molar-refractivity contribution in [1.82, 2.24) is 15.1 Å². The molecular formula is C15H20FN3. The van der Waals surface area contributed by atoms with Crippen LogP contribution in [0.5, 0.6) is 0 Å². The molecule has 0 spiro atoms. The molecule has 0 saturated carbocycles. The van der Waals surface area contributed by atoms with Gasteiger partial charge in [0.05, 0.1) is 11.7 Å². The van der Waals surface area contributed by atoms with E-state index in [0.717, 1.165) is 24.2 Å². The molecule has 0 amide bonds. The molecule has 2 rings (SSSR count). The lowest BCUT2D eigenvalue weighted by Crippen LogP contribution is -2.23. The summed E-state index contributed by atoms with van der Waals surface area (Å²) in [6.45, 7) is 3.01. The third-order valence-corrected chi connectivity index (χ3v) is 3.27. The molecule has 1 aromatic carbocycles. The lowest BCUT2D eigenvalue weighted by molar-refractivity contribution is 0.488. The molecule has 102 valence electrons. The standard InChI is InChI=1S/C15H20FN3/c1-3-10-19-15(8-9-18-19)14(17-2)11-12-6-4-5-7-13(12)16/h4-9,14,17H,3,10-11H2,1-2H3. The predicted molar refractivity (Wildman–Crippen MR) is 74.4 cm³/mol. The Balaban J connectivity index is 2.20. The molecule has 1 aromatic heterocycles. The zero-order valence-electron chi connectivity index (χ0n) is 11.4. The van der Waals surface area contributed by atoms with E-state index in [2.05, 4.69) is 17.3 Å². The van der Waals surface area contributed by atoms with E-state index in [0.29, 0.717) is 6.42 Å². The molecule has 19 heavy (non-hydrogen) atoms. The normalized spacial score (nSPS) is 12.6. The zero-order chi connectivity index (χ0) is 13.7. The van der Waals surface area contributed by atoms with E-state index in [9.17, 15) is 4.39 Å². The van der Waals surface area contributed by atoms with E-state index < -0.39 is 0 Å². The molecule has 1 atom stereocenters. The van der Waals surface area contributed by atoms with Crippen molar-refractivity contribution in [3.8, 4) is 0 Å². The van der Waals surface area contributed by atoms with Gasteiger partial charge in [-0.3, -0.25) is 4.68 Å². The van der Waals surface area contributed by atoms with Gasteiger partial charge in [-0.05, 0) is 37.6 Å². The first kappa shape index (κ1) is 13.7. The van der Waals surface area contributed by atoms with Gasteiger partial charge in [0.1, 0.15) is 5.82 Å². The van der Waals surface area contributed by atoms with Crippen molar-refractivity contribution >= 4 is 0 Å². The maximum atomic E-state index is 13.7. The Bertz CT molecular complexity index is 522. The molecule has 1 unspecified atom stereocenters. The monoisotopic (exact) mass is 261 g/mol. The topological polar surface area (TPSA) is 29.9 Å². The lowest BCUT2D eigenvalue weighted by atomic mass is 10.0. The molecule has 3 nitrogen and oxygen atoms in total. The first-order valence-corrected chi connectivity index (χ1v) is 6.68. The Morgan fingerprint density at radius 2 is 2.11 bits per heavy atom. The first-order chi connectivity index (χ1) is 9.26. The van der Waals surface area contributed by atoms with E-state index in [1.807, 2.05) is 29.9 Å². The summed E-state index contributed by atoms with van der Waals surface area (Å²) in [7, 11) is 1.90. The van der Waals surface area contributed by atoms with Crippen LogP contribution in [-0.2, 0) is 13.0 Å². The summed E-state index contributed by atoms with van der Waals surface area (Å²) in [5, 5.41) is 7.57. The number of nitrogens with zero attached hydrogens (tertiary/aromatic N) is 2. The Hall–Kier alpha value is -1.68. The third-order valence-electron chi connectivity index (χ3n) is 3.27. The molecule has 1 N–H and O–H groups in total. The fourth-order valence-corrected chi connectivity index (χ4v) is 2.28. The van der Waals surface area contributed by atoms with Crippen molar-refractivity contribution in [1.29, 1.82) is 0 Å².